The van der Waals surface area contributed by atoms with E-state index < -0.39 is 69.1 Å². The second kappa shape index (κ2) is 13.2. The van der Waals surface area contributed by atoms with Crippen LogP contribution in [0, 0.1) is 12.7 Å². The lowest BCUT2D eigenvalue weighted by Crippen LogP contribution is -2.48. The molecule has 2 saturated heterocycles. The number of alkyl halides is 2. The van der Waals surface area contributed by atoms with Crippen molar-refractivity contribution in [3.63, 3.8) is 0 Å². The Balaban J connectivity index is 1.39. The number of benzene rings is 1. The first-order valence-electron chi connectivity index (χ1n) is 16.5. The largest absolute Gasteiger partial charge is 0.444 e. The van der Waals surface area contributed by atoms with E-state index >= 15 is 0 Å². The topological polar surface area (TPSA) is 161 Å². The van der Waals surface area contributed by atoms with E-state index in [-0.39, 0.29) is 39.6 Å². The van der Waals surface area contributed by atoms with Crippen LogP contribution in [0.15, 0.2) is 44.7 Å². The first-order chi connectivity index (χ1) is 24.2. The van der Waals surface area contributed by atoms with Crippen LogP contribution in [0.3, 0.4) is 0 Å². The van der Waals surface area contributed by atoms with Gasteiger partial charge in [0.25, 0.3) is 11.5 Å². The minimum atomic E-state index is -4.13. The number of carbonyl (C=O) groups is 1. The van der Waals surface area contributed by atoms with Crippen molar-refractivity contribution in [2.45, 2.75) is 108 Å². The molecule has 1 N–H and O–H groups in total. The second-order valence-corrected chi connectivity index (χ2v) is 16.7. The molecule has 1 aliphatic carbocycles. The quantitative estimate of drug-likeness (QED) is 0.210. The van der Waals surface area contributed by atoms with Crippen LogP contribution in [0.1, 0.15) is 75.6 Å². The summed E-state index contributed by atoms with van der Waals surface area (Å²) in [6.45, 7) is 0.612. The van der Waals surface area contributed by atoms with Gasteiger partial charge in [-0.15, -0.1) is 11.3 Å². The number of aryl methyl sites for hydroxylation is 1. The van der Waals surface area contributed by atoms with Crippen LogP contribution in [0.5, 0.6) is 5.75 Å². The number of nitrogens with zero attached hydrogens (tertiary/aromatic N) is 3. The molecule has 1 aromatic carbocycles. The highest BCUT2D eigenvalue weighted by atomic mass is 32.2. The van der Waals surface area contributed by atoms with Gasteiger partial charge in [-0.2, -0.15) is 8.78 Å². The fourth-order valence-electron chi connectivity index (χ4n) is 6.82. The van der Waals surface area contributed by atoms with Gasteiger partial charge in [0.05, 0.1) is 46.1 Å². The van der Waals surface area contributed by atoms with Crippen molar-refractivity contribution in [3.8, 4) is 16.5 Å². The maximum Gasteiger partial charge on any atom is 0.387 e. The van der Waals surface area contributed by atoms with Crippen LogP contribution in [0.2, 0.25) is 0 Å². The highest BCUT2D eigenvalue weighted by Gasteiger charge is 2.51. The smallest absolute Gasteiger partial charge is 0.387 e. The van der Waals surface area contributed by atoms with Gasteiger partial charge >= 0.3 is 12.3 Å². The van der Waals surface area contributed by atoms with E-state index in [1.54, 1.807) is 6.92 Å². The number of sulfonamides is 1. The molecular formula is C33H35F3N4O9S2. The Bertz CT molecular complexity index is 2200. The number of aromatic nitrogens is 3. The second-order valence-electron chi connectivity index (χ2n) is 13.5. The zero-order chi connectivity index (χ0) is 36.4. The summed E-state index contributed by atoms with van der Waals surface area (Å²) >= 11 is 0.995. The summed E-state index contributed by atoms with van der Waals surface area (Å²) in [5, 5.41) is 0.00983. The molecule has 3 aliphatic rings. The van der Waals surface area contributed by atoms with Gasteiger partial charge in [0.1, 0.15) is 34.8 Å². The van der Waals surface area contributed by atoms with Crippen molar-refractivity contribution in [3.05, 3.63) is 68.4 Å². The Morgan fingerprint density at radius 2 is 1.90 bits per heavy atom. The van der Waals surface area contributed by atoms with Gasteiger partial charge in [0, 0.05) is 5.56 Å². The predicted octanol–water partition coefficient (Wildman–Crippen LogP) is 4.96. The SMILES string of the molecule is Cc1c(-c2ncco2)sc2c1c(=O)n([C@@H](C)C(=O)NS(=O)(=O)C1(C)CC1)c(=O)n2C[C@H](O[C@@H]1C[C@H]2CC[C@@H](C1)O2)c1cc(F)ccc1OC(F)F. The minimum Gasteiger partial charge on any atom is -0.444 e. The molecule has 1 amide bonds. The number of oxazole rings is 1. The van der Waals surface area contributed by atoms with Crippen molar-refractivity contribution in [1.29, 1.82) is 0 Å². The molecule has 3 fully saturated rings. The third-order valence-corrected chi connectivity index (χ3v) is 13.4. The Morgan fingerprint density at radius 3 is 2.53 bits per heavy atom. The number of nitrogens with one attached hydrogen (secondary N) is 1. The summed E-state index contributed by atoms with van der Waals surface area (Å²) < 4.78 is 93.4. The zero-order valence-electron chi connectivity index (χ0n) is 27.8. The molecule has 5 atom stereocenters. The Hall–Kier alpha value is -4.00. The molecule has 3 aromatic heterocycles. The van der Waals surface area contributed by atoms with Crippen molar-refractivity contribution in [2.24, 2.45) is 0 Å². The number of halogens is 3. The average molecular weight is 753 g/mol. The average Bonchev–Trinajstić information content (AvgIpc) is 3.36. The molecular weight excluding hydrogens is 718 g/mol. The number of hydrogen-bond donors (Lipinski definition) is 1. The van der Waals surface area contributed by atoms with Gasteiger partial charge in [-0.25, -0.2) is 27.2 Å². The summed E-state index contributed by atoms with van der Waals surface area (Å²) in [6, 6.07) is 1.38. The first-order valence-corrected chi connectivity index (χ1v) is 18.8. The fraction of sp³-hybridized carbons (Fsp3) is 0.515. The van der Waals surface area contributed by atoms with Crippen LogP contribution in [0.25, 0.3) is 21.0 Å². The van der Waals surface area contributed by atoms with E-state index in [2.05, 4.69) is 4.98 Å². The molecule has 1 saturated carbocycles. The predicted molar refractivity (Wildman–Crippen MR) is 178 cm³/mol. The summed E-state index contributed by atoms with van der Waals surface area (Å²) in [4.78, 5) is 46.8. The van der Waals surface area contributed by atoms with Gasteiger partial charge < -0.3 is 18.6 Å². The molecule has 18 heteroatoms. The molecule has 4 aromatic rings. The lowest BCUT2D eigenvalue weighted by atomic mass is 10.0. The zero-order valence-corrected chi connectivity index (χ0v) is 29.4. The van der Waals surface area contributed by atoms with Crippen molar-refractivity contribution >= 4 is 37.5 Å². The summed E-state index contributed by atoms with van der Waals surface area (Å²) in [5.41, 5.74) is -1.63. The van der Waals surface area contributed by atoms with Crippen LogP contribution < -0.4 is 20.7 Å². The fourth-order valence-corrected chi connectivity index (χ4v) is 9.38. The maximum atomic E-state index is 14.8. The lowest BCUT2D eigenvalue weighted by Gasteiger charge is -2.32. The summed E-state index contributed by atoms with van der Waals surface area (Å²) in [5.74, 6) is -2.10. The van der Waals surface area contributed by atoms with E-state index in [1.165, 1.54) is 26.3 Å². The molecule has 13 nitrogen and oxygen atoms in total. The van der Waals surface area contributed by atoms with E-state index in [0.29, 0.717) is 40.7 Å². The van der Waals surface area contributed by atoms with E-state index in [1.807, 2.05) is 4.72 Å². The van der Waals surface area contributed by atoms with E-state index in [9.17, 15) is 36.0 Å². The normalized spacial score (nSPS) is 22.3. The number of thiophene rings is 1. The number of amides is 1. The molecule has 274 valence electrons. The highest BCUT2D eigenvalue weighted by Crippen LogP contribution is 2.43. The van der Waals surface area contributed by atoms with E-state index in [0.717, 1.165) is 46.9 Å². The number of carbonyl (C=O) groups excluding carboxylic acids is 1. The number of rotatable bonds is 12. The molecule has 2 aliphatic heterocycles. The van der Waals surface area contributed by atoms with Crippen molar-refractivity contribution < 1.29 is 45.0 Å². The Kier molecular flexibility index (Phi) is 9.16. The molecule has 7 rings (SSSR count). The van der Waals surface area contributed by atoms with Gasteiger partial charge in [0.15, 0.2) is 0 Å². The van der Waals surface area contributed by atoms with Crippen LogP contribution in [-0.2, 0) is 30.8 Å². The van der Waals surface area contributed by atoms with Crippen LogP contribution >= 0.6 is 11.3 Å². The maximum absolute atomic E-state index is 14.8. The van der Waals surface area contributed by atoms with Crippen LogP contribution in [-0.4, -0.2) is 58.1 Å². The number of ether oxygens (including phenoxy) is 3. The minimum absolute atomic E-state index is 0.00983. The van der Waals surface area contributed by atoms with Gasteiger partial charge in [0.2, 0.25) is 15.9 Å². The van der Waals surface area contributed by atoms with Crippen molar-refractivity contribution in [1.82, 2.24) is 18.8 Å². The van der Waals surface area contributed by atoms with Crippen LogP contribution in [0.4, 0.5) is 13.2 Å². The Morgan fingerprint density at radius 1 is 1.20 bits per heavy atom. The monoisotopic (exact) mass is 752 g/mol. The number of hydrogen-bond acceptors (Lipinski definition) is 11. The van der Waals surface area contributed by atoms with Crippen molar-refractivity contribution in [2.75, 3.05) is 0 Å². The molecule has 51 heavy (non-hydrogen) atoms. The first kappa shape index (κ1) is 35.4. The molecule has 2 bridgehead atoms. The standard InChI is InChI=1S/C33H35F3N4O9S2/c1-16-25-29(42)40(17(2)27(41)38-51(44,45)33(3)8-9-33)32(43)39(30(25)50-26(16)28-37-10-11-46-28)15-24(48-21-13-19-5-6-20(14-21)47-19)22-12-18(34)4-7-23(22)49-31(35)36/h4,7,10-12,17,19-21,24,31H,5-6,8-9,13-15H2,1-3H3,(H,38,41)/t17-,19-,20+,21-,24-/m0/s1. The molecule has 0 radical (unpaired) electrons. The third-order valence-electron chi connectivity index (χ3n) is 9.96. The van der Waals surface area contributed by atoms with Gasteiger partial charge in [-0.1, -0.05) is 0 Å². The Labute approximate surface area is 293 Å². The highest BCUT2D eigenvalue weighted by molar-refractivity contribution is 7.91. The molecule has 0 unspecified atom stereocenters. The van der Waals surface area contributed by atoms with Gasteiger partial charge in [-0.05, 0) is 83.1 Å². The number of fused-ring (bicyclic) bond motifs is 3. The lowest BCUT2D eigenvalue weighted by molar-refractivity contribution is -0.122. The summed E-state index contributed by atoms with van der Waals surface area (Å²) in [6.07, 6.45) is 4.04. The molecule has 5 heterocycles. The molecule has 0 spiro atoms. The summed E-state index contributed by atoms with van der Waals surface area (Å²) in [7, 11) is -4.13. The van der Waals surface area contributed by atoms with E-state index in [4.69, 9.17) is 18.6 Å². The third kappa shape index (κ3) is 6.62. The van der Waals surface area contributed by atoms with Gasteiger partial charge in [-0.3, -0.25) is 18.9 Å².